The molecule has 0 saturated carbocycles. The van der Waals surface area contributed by atoms with Gasteiger partial charge in [-0.2, -0.15) is 0 Å². The van der Waals surface area contributed by atoms with Crippen molar-refractivity contribution in [3.8, 4) is 17.2 Å². The summed E-state index contributed by atoms with van der Waals surface area (Å²) < 4.78 is 11.2. The molecule has 2 N–H and O–H groups in total. The van der Waals surface area contributed by atoms with E-state index in [1.165, 1.54) is 0 Å². The van der Waals surface area contributed by atoms with Gasteiger partial charge in [0, 0.05) is 18.2 Å². The standard InChI is InChI=1S/C15H14N2O2/c16-8-9-18-12-6-7-14-13(10-12)17-15(19-14)11-4-2-1-3-5-11/h1-7,10H,8-9,16H2. The molecule has 1 heterocycles. The number of hydrogen-bond acceptors (Lipinski definition) is 4. The molecule has 0 saturated heterocycles. The Hall–Kier alpha value is -2.33. The predicted molar refractivity (Wildman–Crippen MR) is 74.0 cm³/mol. The fourth-order valence-electron chi connectivity index (χ4n) is 1.88. The smallest absolute Gasteiger partial charge is 0.227 e. The number of fused-ring (bicyclic) bond motifs is 1. The van der Waals surface area contributed by atoms with Gasteiger partial charge in [-0.1, -0.05) is 18.2 Å². The van der Waals surface area contributed by atoms with Crippen LogP contribution in [0.4, 0.5) is 0 Å². The first-order valence-corrected chi connectivity index (χ1v) is 6.16. The zero-order valence-electron chi connectivity index (χ0n) is 10.4. The number of rotatable bonds is 4. The highest BCUT2D eigenvalue weighted by atomic mass is 16.5. The van der Waals surface area contributed by atoms with Crippen LogP contribution in [0.5, 0.6) is 5.75 Å². The maximum absolute atomic E-state index is 5.72. The zero-order valence-corrected chi connectivity index (χ0v) is 10.4. The summed E-state index contributed by atoms with van der Waals surface area (Å²) in [5.74, 6) is 1.37. The highest BCUT2D eigenvalue weighted by Gasteiger charge is 2.08. The van der Waals surface area contributed by atoms with Crippen LogP contribution in [-0.4, -0.2) is 18.1 Å². The molecule has 0 amide bonds. The van der Waals surface area contributed by atoms with E-state index in [1.54, 1.807) is 0 Å². The molecule has 0 spiro atoms. The normalized spacial score (nSPS) is 10.8. The highest BCUT2D eigenvalue weighted by molar-refractivity contribution is 5.77. The van der Waals surface area contributed by atoms with Gasteiger partial charge in [0.2, 0.25) is 5.89 Å². The Bertz CT molecular complexity index is 677. The Labute approximate surface area is 110 Å². The fourth-order valence-corrected chi connectivity index (χ4v) is 1.88. The van der Waals surface area contributed by atoms with Crippen molar-refractivity contribution in [2.45, 2.75) is 0 Å². The average molecular weight is 254 g/mol. The topological polar surface area (TPSA) is 61.3 Å². The van der Waals surface area contributed by atoms with Crippen molar-refractivity contribution >= 4 is 11.1 Å². The van der Waals surface area contributed by atoms with Gasteiger partial charge in [0.25, 0.3) is 0 Å². The summed E-state index contributed by atoms with van der Waals surface area (Å²) in [6, 6.07) is 15.4. The molecule has 96 valence electrons. The lowest BCUT2D eigenvalue weighted by atomic mass is 10.2. The number of benzene rings is 2. The van der Waals surface area contributed by atoms with E-state index < -0.39 is 0 Å². The Balaban J connectivity index is 1.97. The van der Waals surface area contributed by atoms with Gasteiger partial charge in [-0.3, -0.25) is 0 Å². The Kier molecular flexibility index (Phi) is 3.16. The minimum atomic E-state index is 0.492. The van der Waals surface area contributed by atoms with E-state index in [1.807, 2.05) is 48.5 Å². The molecule has 4 nitrogen and oxygen atoms in total. The van der Waals surface area contributed by atoms with Gasteiger partial charge in [0.15, 0.2) is 5.58 Å². The van der Waals surface area contributed by atoms with Crippen LogP contribution >= 0.6 is 0 Å². The molecule has 0 aliphatic rings. The third kappa shape index (κ3) is 2.44. The zero-order chi connectivity index (χ0) is 13.1. The van der Waals surface area contributed by atoms with Gasteiger partial charge in [-0.15, -0.1) is 0 Å². The largest absolute Gasteiger partial charge is 0.492 e. The third-order valence-corrected chi connectivity index (χ3v) is 2.77. The molecule has 0 bridgehead atoms. The summed E-state index contributed by atoms with van der Waals surface area (Å²) in [5, 5.41) is 0. The Morgan fingerprint density at radius 1 is 1.11 bits per heavy atom. The molecule has 3 aromatic rings. The maximum Gasteiger partial charge on any atom is 0.227 e. The van der Waals surface area contributed by atoms with Crippen molar-refractivity contribution < 1.29 is 9.15 Å². The summed E-state index contributed by atoms with van der Waals surface area (Å²) in [7, 11) is 0. The molecule has 0 unspecified atom stereocenters. The second kappa shape index (κ2) is 5.12. The van der Waals surface area contributed by atoms with Crippen molar-refractivity contribution in [3.05, 3.63) is 48.5 Å². The number of nitrogens with two attached hydrogens (primary N) is 1. The second-order valence-corrected chi connectivity index (χ2v) is 4.15. The van der Waals surface area contributed by atoms with E-state index in [2.05, 4.69) is 4.98 Å². The number of nitrogens with zero attached hydrogens (tertiary/aromatic N) is 1. The molecule has 0 radical (unpaired) electrons. The van der Waals surface area contributed by atoms with Crippen LogP contribution in [0.3, 0.4) is 0 Å². The monoisotopic (exact) mass is 254 g/mol. The number of oxazole rings is 1. The lowest BCUT2D eigenvalue weighted by Gasteiger charge is -2.02. The molecule has 0 aliphatic heterocycles. The minimum Gasteiger partial charge on any atom is -0.492 e. The van der Waals surface area contributed by atoms with Gasteiger partial charge >= 0.3 is 0 Å². The van der Waals surface area contributed by atoms with Gasteiger partial charge in [-0.05, 0) is 24.3 Å². The summed E-state index contributed by atoms with van der Waals surface area (Å²) in [4.78, 5) is 4.47. The van der Waals surface area contributed by atoms with Crippen molar-refractivity contribution in [1.82, 2.24) is 4.98 Å². The van der Waals surface area contributed by atoms with Gasteiger partial charge in [0.1, 0.15) is 17.9 Å². The molecule has 1 aromatic heterocycles. The van der Waals surface area contributed by atoms with E-state index in [4.69, 9.17) is 14.9 Å². The molecule has 19 heavy (non-hydrogen) atoms. The molecular formula is C15H14N2O2. The van der Waals surface area contributed by atoms with Gasteiger partial charge in [0.05, 0.1) is 0 Å². The summed E-state index contributed by atoms with van der Waals surface area (Å²) in [6.07, 6.45) is 0. The predicted octanol–water partition coefficient (Wildman–Crippen LogP) is 2.83. The number of ether oxygens (including phenoxy) is 1. The molecule has 3 rings (SSSR count). The molecule has 0 atom stereocenters. The molecule has 0 aliphatic carbocycles. The molecule has 4 heteroatoms. The van der Waals surface area contributed by atoms with E-state index >= 15 is 0 Å². The van der Waals surface area contributed by atoms with E-state index in [0.29, 0.717) is 19.0 Å². The van der Waals surface area contributed by atoms with Crippen LogP contribution in [0.15, 0.2) is 52.9 Å². The minimum absolute atomic E-state index is 0.492. The van der Waals surface area contributed by atoms with Crippen LogP contribution in [0.2, 0.25) is 0 Å². The van der Waals surface area contributed by atoms with Crippen LogP contribution < -0.4 is 10.5 Å². The van der Waals surface area contributed by atoms with Gasteiger partial charge < -0.3 is 14.9 Å². The molecule has 0 fully saturated rings. The Morgan fingerprint density at radius 2 is 1.95 bits per heavy atom. The first-order chi connectivity index (χ1) is 9.36. The average Bonchev–Trinajstić information content (AvgIpc) is 2.89. The SMILES string of the molecule is NCCOc1ccc2oc(-c3ccccc3)nc2c1. The van der Waals surface area contributed by atoms with Crippen molar-refractivity contribution in [2.24, 2.45) is 5.73 Å². The number of hydrogen-bond donors (Lipinski definition) is 1. The third-order valence-electron chi connectivity index (χ3n) is 2.77. The van der Waals surface area contributed by atoms with E-state index in [-0.39, 0.29) is 0 Å². The number of aromatic nitrogens is 1. The summed E-state index contributed by atoms with van der Waals surface area (Å²) in [5.41, 5.74) is 7.91. The van der Waals surface area contributed by atoms with Crippen molar-refractivity contribution in [3.63, 3.8) is 0 Å². The lowest BCUT2D eigenvalue weighted by Crippen LogP contribution is -2.10. The maximum atomic E-state index is 5.72. The lowest BCUT2D eigenvalue weighted by molar-refractivity contribution is 0.328. The van der Waals surface area contributed by atoms with E-state index in [0.717, 1.165) is 22.4 Å². The van der Waals surface area contributed by atoms with E-state index in [9.17, 15) is 0 Å². The summed E-state index contributed by atoms with van der Waals surface area (Å²) in [6.45, 7) is 0.987. The van der Waals surface area contributed by atoms with Crippen LogP contribution in [0.1, 0.15) is 0 Å². The van der Waals surface area contributed by atoms with Crippen LogP contribution in [0.25, 0.3) is 22.6 Å². The van der Waals surface area contributed by atoms with Crippen molar-refractivity contribution in [1.29, 1.82) is 0 Å². The Morgan fingerprint density at radius 3 is 2.74 bits per heavy atom. The van der Waals surface area contributed by atoms with Crippen LogP contribution in [-0.2, 0) is 0 Å². The van der Waals surface area contributed by atoms with Crippen LogP contribution in [0, 0.1) is 0 Å². The summed E-state index contributed by atoms with van der Waals surface area (Å²) >= 11 is 0. The van der Waals surface area contributed by atoms with Crippen molar-refractivity contribution in [2.75, 3.05) is 13.2 Å². The second-order valence-electron chi connectivity index (χ2n) is 4.15. The fraction of sp³-hybridized carbons (Fsp3) is 0.133. The highest BCUT2D eigenvalue weighted by Crippen LogP contribution is 2.26. The first kappa shape index (κ1) is 11.7. The molecule has 2 aromatic carbocycles. The van der Waals surface area contributed by atoms with Gasteiger partial charge in [-0.25, -0.2) is 4.98 Å². The molecular weight excluding hydrogens is 240 g/mol. The quantitative estimate of drug-likeness (QED) is 0.777. The first-order valence-electron chi connectivity index (χ1n) is 6.16.